The molecule has 1 aromatic rings. The second kappa shape index (κ2) is 4.96. The fraction of sp³-hybridized carbons (Fsp3) is 0.923. The van der Waals surface area contributed by atoms with E-state index in [1.54, 1.807) is 0 Å². The SMILES string of the molecule is CC(C)CNC(C)c1nnnn1CC1CC1(C)C. The molecular weight excluding hydrogens is 226 g/mol. The Balaban J connectivity index is 1.94. The van der Waals surface area contributed by atoms with Gasteiger partial charge in [0.25, 0.3) is 0 Å². The van der Waals surface area contributed by atoms with Crippen molar-refractivity contribution in [1.82, 2.24) is 25.5 Å². The van der Waals surface area contributed by atoms with Crippen LogP contribution in [0.5, 0.6) is 0 Å². The second-order valence-electron chi connectivity index (χ2n) is 6.63. The molecule has 1 heterocycles. The van der Waals surface area contributed by atoms with Crippen molar-refractivity contribution in [3.05, 3.63) is 5.82 Å². The molecule has 102 valence electrons. The minimum absolute atomic E-state index is 0.212. The molecule has 0 aromatic carbocycles. The van der Waals surface area contributed by atoms with Gasteiger partial charge in [-0.25, -0.2) is 4.68 Å². The van der Waals surface area contributed by atoms with Gasteiger partial charge >= 0.3 is 0 Å². The summed E-state index contributed by atoms with van der Waals surface area (Å²) in [6, 6.07) is 0.212. The first-order chi connectivity index (χ1) is 8.40. The predicted molar refractivity (Wildman–Crippen MR) is 71.0 cm³/mol. The van der Waals surface area contributed by atoms with Crippen LogP contribution in [0.4, 0.5) is 0 Å². The third-order valence-electron chi connectivity index (χ3n) is 3.89. The smallest absolute Gasteiger partial charge is 0.167 e. The van der Waals surface area contributed by atoms with Crippen LogP contribution in [0.1, 0.15) is 52.9 Å². The van der Waals surface area contributed by atoms with Crippen LogP contribution in [0.3, 0.4) is 0 Å². The maximum Gasteiger partial charge on any atom is 0.167 e. The van der Waals surface area contributed by atoms with Gasteiger partial charge in [-0.3, -0.25) is 0 Å². The summed E-state index contributed by atoms with van der Waals surface area (Å²) in [5.74, 6) is 2.31. The first kappa shape index (κ1) is 13.5. The highest BCUT2D eigenvalue weighted by Gasteiger charge is 2.46. The summed E-state index contributed by atoms with van der Waals surface area (Å²) < 4.78 is 1.97. The van der Waals surface area contributed by atoms with Crippen molar-refractivity contribution in [2.45, 2.75) is 53.6 Å². The largest absolute Gasteiger partial charge is 0.307 e. The van der Waals surface area contributed by atoms with Crippen LogP contribution < -0.4 is 5.32 Å². The van der Waals surface area contributed by atoms with Crippen LogP contribution in [-0.2, 0) is 6.54 Å². The highest BCUT2D eigenvalue weighted by molar-refractivity contribution is 4.97. The van der Waals surface area contributed by atoms with Crippen molar-refractivity contribution in [2.75, 3.05) is 6.54 Å². The van der Waals surface area contributed by atoms with E-state index in [0.717, 1.165) is 24.8 Å². The zero-order valence-corrected chi connectivity index (χ0v) is 12.1. The fourth-order valence-corrected chi connectivity index (χ4v) is 2.25. The Bertz CT molecular complexity index is 396. The van der Waals surface area contributed by atoms with Gasteiger partial charge in [0, 0.05) is 6.54 Å². The Morgan fingerprint density at radius 3 is 2.61 bits per heavy atom. The van der Waals surface area contributed by atoms with E-state index in [0.29, 0.717) is 11.3 Å². The summed E-state index contributed by atoms with van der Waals surface area (Å²) in [6.45, 7) is 13.1. The summed E-state index contributed by atoms with van der Waals surface area (Å²) in [4.78, 5) is 0. The van der Waals surface area contributed by atoms with E-state index in [9.17, 15) is 0 Å². The molecule has 5 nitrogen and oxygen atoms in total. The first-order valence-corrected chi connectivity index (χ1v) is 6.89. The molecule has 5 heteroatoms. The minimum atomic E-state index is 0.212. The summed E-state index contributed by atoms with van der Waals surface area (Å²) in [5.41, 5.74) is 0.470. The molecule has 2 atom stereocenters. The number of nitrogens with zero attached hydrogens (tertiary/aromatic N) is 4. The number of nitrogens with one attached hydrogen (secondary N) is 1. The maximum atomic E-state index is 4.16. The van der Waals surface area contributed by atoms with Gasteiger partial charge in [-0.2, -0.15) is 0 Å². The zero-order chi connectivity index (χ0) is 13.3. The Morgan fingerprint density at radius 2 is 2.06 bits per heavy atom. The lowest BCUT2D eigenvalue weighted by Crippen LogP contribution is -2.26. The van der Waals surface area contributed by atoms with Gasteiger partial charge in [-0.05, 0) is 47.6 Å². The molecule has 1 N–H and O–H groups in total. The maximum absolute atomic E-state index is 4.16. The van der Waals surface area contributed by atoms with E-state index in [4.69, 9.17) is 0 Å². The summed E-state index contributed by atoms with van der Waals surface area (Å²) >= 11 is 0. The third kappa shape index (κ3) is 3.07. The Morgan fingerprint density at radius 1 is 1.39 bits per heavy atom. The zero-order valence-electron chi connectivity index (χ0n) is 12.1. The molecule has 0 aliphatic heterocycles. The van der Waals surface area contributed by atoms with Gasteiger partial charge in [0.15, 0.2) is 5.82 Å². The highest BCUT2D eigenvalue weighted by atomic mass is 15.5. The van der Waals surface area contributed by atoms with Crippen LogP contribution in [0.15, 0.2) is 0 Å². The van der Waals surface area contributed by atoms with Crippen LogP contribution in [0.25, 0.3) is 0 Å². The number of tetrazole rings is 1. The Kier molecular flexibility index (Phi) is 3.71. The van der Waals surface area contributed by atoms with Crippen LogP contribution >= 0.6 is 0 Å². The number of rotatable bonds is 6. The van der Waals surface area contributed by atoms with E-state index in [1.807, 2.05) is 4.68 Å². The molecule has 1 aliphatic rings. The topological polar surface area (TPSA) is 55.6 Å². The summed E-state index contributed by atoms with van der Waals surface area (Å²) in [5, 5.41) is 15.6. The molecule has 0 radical (unpaired) electrons. The van der Waals surface area contributed by atoms with Crippen LogP contribution in [0, 0.1) is 17.3 Å². The monoisotopic (exact) mass is 251 g/mol. The van der Waals surface area contributed by atoms with Gasteiger partial charge in [-0.1, -0.05) is 27.7 Å². The van der Waals surface area contributed by atoms with E-state index in [1.165, 1.54) is 6.42 Å². The molecule has 0 saturated heterocycles. The quantitative estimate of drug-likeness (QED) is 0.840. The molecule has 1 aliphatic carbocycles. The molecule has 1 fully saturated rings. The van der Waals surface area contributed by atoms with Crippen molar-refractivity contribution in [1.29, 1.82) is 0 Å². The average molecular weight is 251 g/mol. The fourth-order valence-electron chi connectivity index (χ4n) is 2.25. The van der Waals surface area contributed by atoms with E-state index >= 15 is 0 Å². The second-order valence-corrected chi connectivity index (χ2v) is 6.63. The predicted octanol–water partition coefficient (Wildman–Crippen LogP) is 2.03. The Labute approximate surface area is 109 Å². The lowest BCUT2D eigenvalue weighted by molar-refractivity contribution is 0.419. The van der Waals surface area contributed by atoms with Gasteiger partial charge in [-0.15, -0.1) is 5.10 Å². The lowest BCUT2D eigenvalue weighted by Gasteiger charge is -2.15. The molecule has 2 rings (SSSR count). The van der Waals surface area contributed by atoms with Crippen molar-refractivity contribution >= 4 is 0 Å². The lowest BCUT2D eigenvalue weighted by atomic mass is 10.1. The normalized spacial score (nSPS) is 23.3. The molecule has 0 bridgehead atoms. The summed E-state index contributed by atoms with van der Waals surface area (Å²) in [7, 11) is 0. The number of aromatic nitrogens is 4. The summed E-state index contributed by atoms with van der Waals surface area (Å²) in [6.07, 6.45) is 1.28. The van der Waals surface area contributed by atoms with Crippen LogP contribution in [-0.4, -0.2) is 26.8 Å². The van der Waals surface area contributed by atoms with Gasteiger partial charge < -0.3 is 5.32 Å². The highest BCUT2D eigenvalue weighted by Crippen LogP contribution is 2.52. The van der Waals surface area contributed by atoms with Crippen molar-refractivity contribution in [3.63, 3.8) is 0 Å². The average Bonchev–Trinajstić information content (AvgIpc) is 2.72. The molecule has 2 unspecified atom stereocenters. The van der Waals surface area contributed by atoms with Crippen molar-refractivity contribution in [2.24, 2.45) is 17.3 Å². The third-order valence-corrected chi connectivity index (χ3v) is 3.89. The standard InChI is InChI=1S/C13H25N5/c1-9(2)7-14-10(3)12-15-16-17-18(12)8-11-6-13(11,4)5/h9-11,14H,6-8H2,1-5H3. The molecular formula is C13H25N5. The number of hydrogen-bond donors (Lipinski definition) is 1. The Hall–Kier alpha value is -0.970. The van der Waals surface area contributed by atoms with E-state index < -0.39 is 0 Å². The molecule has 1 saturated carbocycles. The van der Waals surface area contributed by atoms with E-state index in [-0.39, 0.29) is 6.04 Å². The molecule has 0 spiro atoms. The van der Waals surface area contributed by atoms with Gasteiger partial charge in [0.05, 0.1) is 6.04 Å². The molecule has 1 aromatic heterocycles. The van der Waals surface area contributed by atoms with Crippen molar-refractivity contribution < 1.29 is 0 Å². The molecule has 18 heavy (non-hydrogen) atoms. The van der Waals surface area contributed by atoms with Gasteiger partial charge in [0.2, 0.25) is 0 Å². The van der Waals surface area contributed by atoms with Gasteiger partial charge in [0.1, 0.15) is 0 Å². The van der Waals surface area contributed by atoms with Crippen LogP contribution in [0.2, 0.25) is 0 Å². The minimum Gasteiger partial charge on any atom is -0.307 e. The number of hydrogen-bond acceptors (Lipinski definition) is 4. The first-order valence-electron chi connectivity index (χ1n) is 6.89. The van der Waals surface area contributed by atoms with E-state index in [2.05, 4.69) is 55.5 Å². The molecule has 0 amide bonds. The van der Waals surface area contributed by atoms with Crippen molar-refractivity contribution in [3.8, 4) is 0 Å².